The van der Waals surface area contributed by atoms with E-state index < -0.39 is 8.25 Å². The molecule has 0 spiro atoms. The van der Waals surface area contributed by atoms with Gasteiger partial charge in [0, 0.05) is 5.88 Å². The second kappa shape index (κ2) is 6.14. The van der Waals surface area contributed by atoms with Crippen LogP contribution in [0.15, 0.2) is 12.8 Å². The standard InChI is InChI=1S/C4H8ClO3P/c1-2-7-9(6)8-4-3-5/h2,9H,1,3-4H2. The number of halogens is 1. The van der Waals surface area contributed by atoms with Crippen LogP contribution in [0, 0.1) is 0 Å². The van der Waals surface area contributed by atoms with Gasteiger partial charge in [0.05, 0.1) is 12.9 Å². The van der Waals surface area contributed by atoms with Gasteiger partial charge in [0.1, 0.15) is 0 Å². The van der Waals surface area contributed by atoms with E-state index in [0.29, 0.717) is 5.88 Å². The SMILES string of the molecule is C=CO[PH](=O)OCCCl. The van der Waals surface area contributed by atoms with Crippen molar-refractivity contribution in [3.8, 4) is 0 Å². The molecule has 3 nitrogen and oxygen atoms in total. The first kappa shape index (κ1) is 9.02. The van der Waals surface area contributed by atoms with Crippen molar-refractivity contribution >= 4 is 19.9 Å². The molecule has 0 saturated carbocycles. The molecule has 0 aliphatic rings. The molecule has 0 aromatic heterocycles. The summed E-state index contributed by atoms with van der Waals surface area (Å²) in [5.74, 6) is 0.316. The summed E-state index contributed by atoms with van der Waals surface area (Å²) in [7, 11) is -2.36. The van der Waals surface area contributed by atoms with E-state index in [1.165, 1.54) is 0 Å². The van der Waals surface area contributed by atoms with Crippen molar-refractivity contribution in [3.05, 3.63) is 12.8 Å². The van der Waals surface area contributed by atoms with Gasteiger partial charge in [0.15, 0.2) is 0 Å². The van der Waals surface area contributed by atoms with Gasteiger partial charge >= 0.3 is 8.25 Å². The number of alkyl halides is 1. The third-order valence-corrected chi connectivity index (χ3v) is 1.43. The molecular formula is C4H8ClO3P. The fraction of sp³-hybridized carbons (Fsp3) is 0.500. The normalized spacial score (nSPS) is 12.6. The molecule has 5 heteroatoms. The topological polar surface area (TPSA) is 35.5 Å². The van der Waals surface area contributed by atoms with Crippen LogP contribution in [0.25, 0.3) is 0 Å². The van der Waals surface area contributed by atoms with Gasteiger partial charge in [-0.3, -0.25) is 0 Å². The molecule has 54 valence electrons. The molecule has 0 aliphatic carbocycles. The maximum Gasteiger partial charge on any atom is 0.367 e. The van der Waals surface area contributed by atoms with E-state index in [9.17, 15) is 4.57 Å². The van der Waals surface area contributed by atoms with E-state index in [1.54, 1.807) is 0 Å². The number of hydrogen-bond donors (Lipinski definition) is 0. The smallest absolute Gasteiger partial charge is 0.367 e. The van der Waals surface area contributed by atoms with Gasteiger partial charge in [0.25, 0.3) is 0 Å². The average molecular weight is 171 g/mol. The minimum Gasteiger partial charge on any atom is -0.435 e. The quantitative estimate of drug-likeness (QED) is 0.359. The lowest BCUT2D eigenvalue weighted by Gasteiger charge is -1.98. The Bertz CT molecular complexity index is 106. The van der Waals surface area contributed by atoms with Crippen molar-refractivity contribution in [2.45, 2.75) is 0 Å². The maximum absolute atomic E-state index is 10.4. The Labute approximate surface area is 59.6 Å². The fourth-order valence-electron chi connectivity index (χ4n) is 0.224. The first-order valence-electron chi connectivity index (χ1n) is 2.31. The Morgan fingerprint density at radius 3 is 2.89 bits per heavy atom. The Hall–Kier alpha value is 0.0200. The van der Waals surface area contributed by atoms with Gasteiger partial charge in [-0.2, -0.15) is 0 Å². The molecule has 1 unspecified atom stereocenters. The van der Waals surface area contributed by atoms with Crippen LogP contribution in [-0.4, -0.2) is 12.5 Å². The van der Waals surface area contributed by atoms with Gasteiger partial charge in [-0.05, 0) is 0 Å². The Kier molecular flexibility index (Phi) is 6.16. The minimum absolute atomic E-state index is 0.243. The van der Waals surface area contributed by atoms with Crippen LogP contribution >= 0.6 is 19.9 Å². The van der Waals surface area contributed by atoms with Crippen LogP contribution in [0.1, 0.15) is 0 Å². The van der Waals surface area contributed by atoms with Crippen LogP contribution in [0.2, 0.25) is 0 Å². The number of hydrogen-bond acceptors (Lipinski definition) is 3. The summed E-state index contributed by atoms with van der Waals surface area (Å²) < 4.78 is 19.3. The molecular weight excluding hydrogens is 162 g/mol. The van der Waals surface area contributed by atoms with Crippen molar-refractivity contribution in [2.75, 3.05) is 12.5 Å². The zero-order chi connectivity index (χ0) is 7.11. The van der Waals surface area contributed by atoms with E-state index in [4.69, 9.17) is 11.6 Å². The van der Waals surface area contributed by atoms with Crippen LogP contribution in [0.4, 0.5) is 0 Å². The molecule has 0 aromatic rings. The molecule has 9 heavy (non-hydrogen) atoms. The van der Waals surface area contributed by atoms with Crippen molar-refractivity contribution in [3.63, 3.8) is 0 Å². The molecule has 0 saturated heterocycles. The minimum atomic E-state index is -2.36. The highest BCUT2D eigenvalue weighted by Crippen LogP contribution is 2.22. The molecule has 0 bridgehead atoms. The zero-order valence-corrected chi connectivity index (χ0v) is 6.56. The molecule has 0 rings (SSSR count). The van der Waals surface area contributed by atoms with Gasteiger partial charge in [0.2, 0.25) is 0 Å². The molecule has 0 amide bonds. The van der Waals surface area contributed by atoms with Crippen LogP contribution in [0.3, 0.4) is 0 Å². The third-order valence-electron chi connectivity index (χ3n) is 0.477. The summed E-state index contributed by atoms with van der Waals surface area (Å²) in [6, 6.07) is 0. The first-order valence-corrected chi connectivity index (χ1v) is 4.07. The third kappa shape index (κ3) is 5.90. The molecule has 0 aromatic carbocycles. The fourth-order valence-corrected chi connectivity index (χ4v) is 0.903. The highest BCUT2D eigenvalue weighted by molar-refractivity contribution is 7.33. The van der Waals surface area contributed by atoms with E-state index >= 15 is 0 Å². The summed E-state index contributed by atoms with van der Waals surface area (Å²) in [6.45, 7) is 3.44. The Morgan fingerprint density at radius 1 is 1.78 bits per heavy atom. The molecule has 0 aliphatic heterocycles. The second-order valence-electron chi connectivity index (χ2n) is 1.07. The molecule has 0 N–H and O–H groups in total. The van der Waals surface area contributed by atoms with Crippen LogP contribution in [0.5, 0.6) is 0 Å². The van der Waals surface area contributed by atoms with Gasteiger partial charge < -0.3 is 9.05 Å². The monoisotopic (exact) mass is 170 g/mol. The summed E-state index contributed by atoms with van der Waals surface area (Å²) in [5.41, 5.74) is 0. The summed E-state index contributed by atoms with van der Waals surface area (Å²) in [5, 5.41) is 0. The van der Waals surface area contributed by atoms with Crippen molar-refractivity contribution in [1.29, 1.82) is 0 Å². The molecule has 0 heterocycles. The maximum atomic E-state index is 10.4. The Morgan fingerprint density at radius 2 is 2.44 bits per heavy atom. The van der Waals surface area contributed by atoms with Crippen LogP contribution in [-0.2, 0) is 13.6 Å². The first-order chi connectivity index (χ1) is 4.31. The van der Waals surface area contributed by atoms with E-state index in [0.717, 1.165) is 6.26 Å². The van der Waals surface area contributed by atoms with Gasteiger partial charge in [-0.1, -0.05) is 6.58 Å². The highest BCUT2D eigenvalue weighted by Gasteiger charge is 1.93. The van der Waals surface area contributed by atoms with Crippen molar-refractivity contribution < 1.29 is 13.6 Å². The largest absolute Gasteiger partial charge is 0.435 e. The average Bonchev–Trinajstić information content (AvgIpc) is 1.85. The predicted molar refractivity (Wildman–Crippen MR) is 37.0 cm³/mol. The van der Waals surface area contributed by atoms with E-state index in [-0.39, 0.29) is 6.61 Å². The number of rotatable bonds is 5. The van der Waals surface area contributed by atoms with Crippen molar-refractivity contribution in [1.82, 2.24) is 0 Å². The summed E-state index contributed by atoms with van der Waals surface area (Å²) in [6.07, 6.45) is 1.08. The summed E-state index contributed by atoms with van der Waals surface area (Å²) in [4.78, 5) is 0. The second-order valence-corrected chi connectivity index (χ2v) is 2.47. The summed E-state index contributed by atoms with van der Waals surface area (Å²) >= 11 is 5.22. The lowest BCUT2D eigenvalue weighted by atomic mass is 10.9. The zero-order valence-electron chi connectivity index (χ0n) is 4.80. The van der Waals surface area contributed by atoms with Gasteiger partial charge in [-0.15, -0.1) is 11.6 Å². The molecule has 0 radical (unpaired) electrons. The van der Waals surface area contributed by atoms with E-state index in [2.05, 4.69) is 15.6 Å². The Balaban J connectivity index is 3.16. The lowest BCUT2D eigenvalue weighted by molar-refractivity contribution is 0.288. The highest BCUT2D eigenvalue weighted by atomic mass is 35.5. The molecule has 0 fully saturated rings. The predicted octanol–water partition coefficient (Wildman–Crippen LogP) is 1.79. The van der Waals surface area contributed by atoms with E-state index in [1.807, 2.05) is 0 Å². The lowest BCUT2D eigenvalue weighted by Crippen LogP contribution is -1.85. The van der Waals surface area contributed by atoms with Crippen molar-refractivity contribution in [2.24, 2.45) is 0 Å². The van der Waals surface area contributed by atoms with Crippen LogP contribution < -0.4 is 0 Å². The molecule has 1 atom stereocenters. The van der Waals surface area contributed by atoms with Gasteiger partial charge in [-0.25, -0.2) is 4.57 Å².